The van der Waals surface area contributed by atoms with Crippen molar-refractivity contribution in [2.24, 2.45) is 0 Å². The molecule has 0 saturated heterocycles. The molecule has 0 aliphatic rings. The standard InChI is InChI=1S/C17H13N3O4/c18-9-12(16(22)20-14-2-1-3-15(21)8-14)10-19-13-6-4-11(5-7-13)17(23)24/h1-8,10,19,21H,(H,20,22)(H,23,24)/b12-10-. The Labute approximate surface area is 137 Å². The molecule has 0 atom stereocenters. The van der Waals surface area contributed by atoms with Crippen LogP contribution in [-0.2, 0) is 4.79 Å². The maximum atomic E-state index is 12.0. The number of nitriles is 1. The van der Waals surface area contributed by atoms with Crippen molar-refractivity contribution in [2.75, 3.05) is 10.6 Å². The lowest BCUT2D eigenvalue weighted by Gasteiger charge is -2.06. The van der Waals surface area contributed by atoms with Crippen molar-refractivity contribution in [3.63, 3.8) is 0 Å². The van der Waals surface area contributed by atoms with E-state index in [-0.39, 0.29) is 16.9 Å². The van der Waals surface area contributed by atoms with E-state index >= 15 is 0 Å². The maximum Gasteiger partial charge on any atom is 0.335 e. The molecule has 1 amide bonds. The lowest BCUT2D eigenvalue weighted by Crippen LogP contribution is -2.14. The molecular formula is C17H13N3O4. The highest BCUT2D eigenvalue weighted by Gasteiger charge is 2.09. The number of carbonyl (C=O) groups excluding carboxylic acids is 1. The average molecular weight is 323 g/mol. The Morgan fingerprint density at radius 3 is 2.38 bits per heavy atom. The molecule has 120 valence electrons. The maximum absolute atomic E-state index is 12.0. The number of carboxylic acids is 1. The average Bonchev–Trinajstić information content (AvgIpc) is 2.56. The molecule has 0 unspecified atom stereocenters. The zero-order valence-electron chi connectivity index (χ0n) is 12.4. The van der Waals surface area contributed by atoms with Crippen molar-refractivity contribution in [2.45, 2.75) is 0 Å². The third kappa shape index (κ3) is 4.35. The Balaban J connectivity index is 2.07. The smallest absolute Gasteiger partial charge is 0.335 e. The van der Waals surface area contributed by atoms with Crippen LogP contribution in [0, 0.1) is 11.3 Å². The van der Waals surface area contributed by atoms with Gasteiger partial charge in [-0.05, 0) is 36.4 Å². The summed E-state index contributed by atoms with van der Waals surface area (Å²) in [6, 6.07) is 13.5. The molecule has 0 aliphatic heterocycles. The number of anilines is 2. The number of hydrogen-bond donors (Lipinski definition) is 4. The van der Waals surface area contributed by atoms with E-state index in [0.29, 0.717) is 11.4 Å². The van der Waals surface area contributed by atoms with Crippen LogP contribution in [0.4, 0.5) is 11.4 Å². The summed E-state index contributed by atoms with van der Waals surface area (Å²) in [5.41, 5.74) is 0.831. The molecule has 0 bridgehead atoms. The predicted octanol–water partition coefficient (Wildman–Crippen LogP) is 2.55. The van der Waals surface area contributed by atoms with E-state index in [2.05, 4.69) is 10.6 Å². The van der Waals surface area contributed by atoms with Gasteiger partial charge >= 0.3 is 5.97 Å². The number of phenols is 1. The number of aromatic hydroxyl groups is 1. The van der Waals surface area contributed by atoms with Gasteiger partial charge in [0.15, 0.2) is 0 Å². The van der Waals surface area contributed by atoms with Gasteiger partial charge in [-0.2, -0.15) is 5.26 Å². The summed E-state index contributed by atoms with van der Waals surface area (Å²) in [6.45, 7) is 0. The van der Waals surface area contributed by atoms with Crippen molar-refractivity contribution < 1.29 is 19.8 Å². The third-order valence-electron chi connectivity index (χ3n) is 2.98. The Bertz CT molecular complexity index is 836. The molecule has 0 aromatic heterocycles. The fourth-order valence-electron chi connectivity index (χ4n) is 1.80. The first-order chi connectivity index (χ1) is 11.5. The number of amides is 1. The fraction of sp³-hybridized carbons (Fsp3) is 0. The Kier molecular flexibility index (Phi) is 5.16. The number of aromatic carboxylic acids is 1. The van der Waals surface area contributed by atoms with Crippen LogP contribution in [0.15, 0.2) is 60.3 Å². The van der Waals surface area contributed by atoms with Crippen LogP contribution in [-0.4, -0.2) is 22.1 Å². The van der Waals surface area contributed by atoms with Gasteiger partial charge in [0.05, 0.1) is 5.56 Å². The van der Waals surface area contributed by atoms with Crippen molar-refractivity contribution in [1.29, 1.82) is 5.26 Å². The van der Waals surface area contributed by atoms with Gasteiger partial charge in [0.2, 0.25) is 0 Å². The minimum Gasteiger partial charge on any atom is -0.508 e. The van der Waals surface area contributed by atoms with E-state index in [1.807, 2.05) is 0 Å². The zero-order chi connectivity index (χ0) is 17.5. The first-order valence-corrected chi connectivity index (χ1v) is 6.80. The van der Waals surface area contributed by atoms with Crippen LogP contribution in [0.25, 0.3) is 0 Å². The molecule has 7 heteroatoms. The van der Waals surface area contributed by atoms with Crippen molar-refractivity contribution in [3.8, 4) is 11.8 Å². The SMILES string of the molecule is N#C/C(=C/Nc1ccc(C(=O)O)cc1)C(=O)Nc1cccc(O)c1. The molecule has 0 aliphatic carbocycles. The van der Waals surface area contributed by atoms with Gasteiger partial charge in [-0.3, -0.25) is 4.79 Å². The first kappa shape index (κ1) is 16.6. The Morgan fingerprint density at radius 1 is 1.08 bits per heavy atom. The molecule has 2 aromatic rings. The fourth-order valence-corrected chi connectivity index (χ4v) is 1.80. The van der Waals surface area contributed by atoms with Gasteiger partial charge in [0.25, 0.3) is 5.91 Å². The summed E-state index contributed by atoms with van der Waals surface area (Å²) in [5, 5.41) is 32.5. The molecule has 2 rings (SSSR count). The zero-order valence-corrected chi connectivity index (χ0v) is 12.4. The lowest BCUT2D eigenvalue weighted by molar-refractivity contribution is -0.112. The van der Waals surface area contributed by atoms with E-state index < -0.39 is 11.9 Å². The van der Waals surface area contributed by atoms with Gasteiger partial charge in [-0.1, -0.05) is 6.07 Å². The van der Waals surface area contributed by atoms with Crippen LogP contribution in [0.2, 0.25) is 0 Å². The monoisotopic (exact) mass is 323 g/mol. The van der Waals surface area contributed by atoms with Gasteiger partial charge in [-0.25, -0.2) is 4.79 Å². The van der Waals surface area contributed by atoms with Crippen molar-refractivity contribution in [1.82, 2.24) is 0 Å². The van der Waals surface area contributed by atoms with Crippen molar-refractivity contribution >= 4 is 23.3 Å². The molecule has 0 heterocycles. The number of phenolic OH excluding ortho intramolecular Hbond substituents is 1. The van der Waals surface area contributed by atoms with Gasteiger partial charge in [-0.15, -0.1) is 0 Å². The second-order valence-corrected chi connectivity index (χ2v) is 4.70. The van der Waals surface area contributed by atoms with Gasteiger partial charge in [0, 0.05) is 23.6 Å². The van der Waals surface area contributed by atoms with Gasteiger partial charge in [0.1, 0.15) is 17.4 Å². The van der Waals surface area contributed by atoms with Gasteiger partial charge < -0.3 is 20.8 Å². The van der Waals surface area contributed by atoms with Crippen LogP contribution in [0.3, 0.4) is 0 Å². The predicted molar refractivity (Wildman–Crippen MR) is 87.5 cm³/mol. The van der Waals surface area contributed by atoms with E-state index in [4.69, 9.17) is 10.4 Å². The highest BCUT2D eigenvalue weighted by molar-refractivity contribution is 6.06. The highest BCUT2D eigenvalue weighted by Crippen LogP contribution is 2.16. The largest absolute Gasteiger partial charge is 0.508 e. The number of nitrogens with zero attached hydrogens (tertiary/aromatic N) is 1. The minimum atomic E-state index is -1.04. The van der Waals surface area contributed by atoms with Crippen LogP contribution >= 0.6 is 0 Å². The summed E-state index contributed by atoms with van der Waals surface area (Å²) < 4.78 is 0. The summed E-state index contributed by atoms with van der Waals surface area (Å²) in [4.78, 5) is 22.8. The molecule has 0 fully saturated rings. The lowest BCUT2D eigenvalue weighted by atomic mass is 10.2. The number of benzene rings is 2. The normalized spacial score (nSPS) is 10.5. The molecule has 0 saturated carbocycles. The van der Waals surface area contributed by atoms with Crippen LogP contribution in [0.1, 0.15) is 10.4 Å². The first-order valence-electron chi connectivity index (χ1n) is 6.80. The summed E-state index contributed by atoms with van der Waals surface area (Å²) in [7, 11) is 0. The second-order valence-electron chi connectivity index (χ2n) is 4.70. The Hall–Kier alpha value is -3.79. The van der Waals surface area contributed by atoms with E-state index in [0.717, 1.165) is 0 Å². The molecular weight excluding hydrogens is 310 g/mol. The molecule has 24 heavy (non-hydrogen) atoms. The number of carboxylic acid groups (broad SMARTS) is 1. The van der Waals surface area contributed by atoms with E-state index in [1.54, 1.807) is 18.2 Å². The molecule has 2 aromatic carbocycles. The summed E-state index contributed by atoms with van der Waals surface area (Å²) in [5.74, 6) is -1.69. The highest BCUT2D eigenvalue weighted by atomic mass is 16.4. The van der Waals surface area contributed by atoms with Crippen LogP contribution < -0.4 is 10.6 Å². The topological polar surface area (TPSA) is 122 Å². The molecule has 0 radical (unpaired) electrons. The third-order valence-corrected chi connectivity index (χ3v) is 2.98. The molecule has 4 N–H and O–H groups in total. The summed E-state index contributed by atoms with van der Waals surface area (Å²) >= 11 is 0. The summed E-state index contributed by atoms with van der Waals surface area (Å²) in [6.07, 6.45) is 1.22. The van der Waals surface area contributed by atoms with E-state index in [1.165, 1.54) is 42.6 Å². The second kappa shape index (κ2) is 7.47. The Morgan fingerprint density at radius 2 is 1.79 bits per heavy atom. The number of nitrogens with one attached hydrogen (secondary N) is 2. The number of hydrogen-bond acceptors (Lipinski definition) is 5. The number of rotatable bonds is 5. The number of carbonyl (C=O) groups is 2. The molecule has 7 nitrogen and oxygen atoms in total. The minimum absolute atomic E-state index is 0.00747. The van der Waals surface area contributed by atoms with E-state index in [9.17, 15) is 14.7 Å². The molecule has 0 spiro atoms. The van der Waals surface area contributed by atoms with Crippen molar-refractivity contribution in [3.05, 3.63) is 65.9 Å². The quantitative estimate of drug-likeness (QED) is 0.495. The van der Waals surface area contributed by atoms with Crippen LogP contribution in [0.5, 0.6) is 5.75 Å².